The summed E-state index contributed by atoms with van der Waals surface area (Å²) in [5.74, 6) is 0. The van der Waals surface area contributed by atoms with Crippen molar-refractivity contribution in [3.8, 4) is 0 Å². The van der Waals surface area contributed by atoms with Gasteiger partial charge in [-0.1, -0.05) is 32.9 Å². The molecular formula is C14H21ClF3NO. The van der Waals surface area contributed by atoms with Crippen LogP contribution in [0.5, 0.6) is 0 Å². The number of aliphatic hydroxyl groups excluding tert-OH is 1. The summed E-state index contributed by atoms with van der Waals surface area (Å²) in [5.41, 5.74) is 5.52. The van der Waals surface area contributed by atoms with Gasteiger partial charge in [0.15, 0.2) is 0 Å². The van der Waals surface area contributed by atoms with E-state index in [-0.39, 0.29) is 23.9 Å². The minimum absolute atomic E-state index is 0. The van der Waals surface area contributed by atoms with Gasteiger partial charge in [0, 0.05) is 6.04 Å². The van der Waals surface area contributed by atoms with Crippen LogP contribution >= 0.6 is 12.4 Å². The Bertz CT molecular complexity index is 412. The first-order chi connectivity index (χ1) is 8.51. The molecule has 0 bridgehead atoms. The molecule has 6 heteroatoms. The first-order valence-electron chi connectivity index (χ1n) is 6.12. The van der Waals surface area contributed by atoms with E-state index in [1.807, 2.05) is 20.8 Å². The highest BCUT2D eigenvalue weighted by molar-refractivity contribution is 5.85. The summed E-state index contributed by atoms with van der Waals surface area (Å²) in [4.78, 5) is 0. The van der Waals surface area contributed by atoms with Crippen molar-refractivity contribution in [1.82, 2.24) is 0 Å². The van der Waals surface area contributed by atoms with Crippen molar-refractivity contribution in [1.29, 1.82) is 0 Å². The lowest BCUT2D eigenvalue weighted by Gasteiger charge is -2.29. The quantitative estimate of drug-likeness (QED) is 0.888. The van der Waals surface area contributed by atoms with Gasteiger partial charge in [0.2, 0.25) is 0 Å². The second kappa shape index (κ2) is 6.78. The number of hydrogen-bond donors (Lipinski definition) is 2. The highest BCUT2D eigenvalue weighted by Gasteiger charge is 2.30. The van der Waals surface area contributed by atoms with Crippen LogP contribution in [0.4, 0.5) is 13.2 Å². The van der Waals surface area contributed by atoms with Crippen molar-refractivity contribution >= 4 is 12.4 Å². The predicted molar refractivity (Wildman–Crippen MR) is 75.7 cm³/mol. The summed E-state index contributed by atoms with van der Waals surface area (Å²) in [7, 11) is 0. The Morgan fingerprint density at radius 3 is 1.90 bits per heavy atom. The number of alkyl halides is 3. The van der Waals surface area contributed by atoms with E-state index in [1.54, 1.807) is 0 Å². The normalized spacial score (nSPS) is 15.4. The summed E-state index contributed by atoms with van der Waals surface area (Å²) < 4.78 is 37.2. The molecule has 2 nitrogen and oxygen atoms in total. The van der Waals surface area contributed by atoms with Crippen molar-refractivity contribution in [3.63, 3.8) is 0 Å². The van der Waals surface area contributed by atoms with Gasteiger partial charge in [-0.25, -0.2) is 0 Å². The Morgan fingerprint density at radius 1 is 1.10 bits per heavy atom. The molecule has 0 fully saturated rings. The molecule has 0 aliphatic rings. The van der Waals surface area contributed by atoms with Crippen LogP contribution in [0.3, 0.4) is 0 Å². The summed E-state index contributed by atoms with van der Waals surface area (Å²) in [6.45, 7) is 5.87. The molecule has 0 spiro atoms. The van der Waals surface area contributed by atoms with Gasteiger partial charge in [0.25, 0.3) is 0 Å². The second-order valence-corrected chi connectivity index (χ2v) is 5.84. The van der Waals surface area contributed by atoms with Gasteiger partial charge in [-0.15, -0.1) is 12.4 Å². The third kappa shape index (κ3) is 5.31. The van der Waals surface area contributed by atoms with Gasteiger partial charge < -0.3 is 10.8 Å². The van der Waals surface area contributed by atoms with Crippen LogP contribution in [0.15, 0.2) is 24.3 Å². The lowest BCUT2D eigenvalue weighted by atomic mass is 9.83. The van der Waals surface area contributed by atoms with Crippen molar-refractivity contribution < 1.29 is 18.3 Å². The zero-order chi connectivity index (χ0) is 14.8. The SMILES string of the molecule is CC(C)(C)[C@H](N)C[C@@H](O)c1ccc(C(F)(F)F)cc1.Cl. The van der Waals surface area contributed by atoms with Crippen molar-refractivity contribution in [2.45, 2.75) is 45.5 Å². The van der Waals surface area contributed by atoms with E-state index in [2.05, 4.69) is 0 Å². The maximum Gasteiger partial charge on any atom is 0.416 e. The third-order valence-corrected chi connectivity index (χ3v) is 3.21. The molecule has 0 aromatic heterocycles. The van der Waals surface area contributed by atoms with E-state index in [4.69, 9.17) is 5.73 Å². The topological polar surface area (TPSA) is 46.2 Å². The van der Waals surface area contributed by atoms with Crippen molar-refractivity contribution in [3.05, 3.63) is 35.4 Å². The van der Waals surface area contributed by atoms with Crippen LogP contribution in [-0.4, -0.2) is 11.1 Å². The lowest BCUT2D eigenvalue weighted by Crippen LogP contribution is -2.36. The Balaban J connectivity index is 0.00000361. The number of hydrogen-bond acceptors (Lipinski definition) is 2. The minimum atomic E-state index is -4.36. The molecule has 0 aliphatic carbocycles. The zero-order valence-electron chi connectivity index (χ0n) is 11.7. The number of rotatable bonds is 3. The van der Waals surface area contributed by atoms with E-state index in [0.29, 0.717) is 12.0 Å². The Kier molecular flexibility index (Phi) is 6.52. The molecule has 0 amide bonds. The number of benzene rings is 1. The van der Waals surface area contributed by atoms with Crippen molar-refractivity contribution in [2.75, 3.05) is 0 Å². The second-order valence-electron chi connectivity index (χ2n) is 5.84. The van der Waals surface area contributed by atoms with E-state index in [1.165, 1.54) is 12.1 Å². The molecule has 0 saturated heterocycles. The monoisotopic (exact) mass is 311 g/mol. The molecule has 0 radical (unpaired) electrons. The van der Waals surface area contributed by atoms with Crippen LogP contribution in [0, 0.1) is 5.41 Å². The minimum Gasteiger partial charge on any atom is -0.388 e. The molecule has 0 heterocycles. The summed E-state index contributed by atoms with van der Waals surface area (Å²) >= 11 is 0. The molecule has 116 valence electrons. The lowest BCUT2D eigenvalue weighted by molar-refractivity contribution is -0.137. The first-order valence-corrected chi connectivity index (χ1v) is 6.12. The van der Waals surface area contributed by atoms with Gasteiger partial charge in [-0.3, -0.25) is 0 Å². The molecule has 0 saturated carbocycles. The Morgan fingerprint density at radius 2 is 1.55 bits per heavy atom. The van der Waals surface area contributed by atoms with Crippen LogP contribution in [-0.2, 0) is 6.18 Å². The first kappa shape index (κ1) is 19.2. The van der Waals surface area contributed by atoms with E-state index < -0.39 is 17.8 Å². The highest BCUT2D eigenvalue weighted by Crippen LogP contribution is 2.31. The molecule has 0 unspecified atom stereocenters. The van der Waals surface area contributed by atoms with Gasteiger partial charge in [0.1, 0.15) is 0 Å². The molecule has 1 aromatic carbocycles. The van der Waals surface area contributed by atoms with Gasteiger partial charge in [0.05, 0.1) is 11.7 Å². The summed E-state index contributed by atoms with van der Waals surface area (Å²) in [6, 6.07) is 4.30. The molecule has 1 rings (SSSR count). The fourth-order valence-electron chi connectivity index (χ4n) is 1.62. The smallest absolute Gasteiger partial charge is 0.388 e. The van der Waals surface area contributed by atoms with Crippen LogP contribution in [0.25, 0.3) is 0 Å². The maximum atomic E-state index is 12.4. The summed E-state index contributed by atoms with van der Waals surface area (Å²) in [6.07, 6.45) is -4.89. The van der Waals surface area contributed by atoms with Crippen LogP contribution < -0.4 is 5.73 Å². The molecular weight excluding hydrogens is 291 g/mol. The predicted octanol–water partition coefficient (Wildman–Crippen LogP) is 3.92. The molecule has 1 aromatic rings. The highest BCUT2D eigenvalue weighted by atomic mass is 35.5. The summed E-state index contributed by atoms with van der Waals surface area (Å²) in [5, 5.41) is 9.99. The van der Waals surface area contributed by atoms with Crippen LogP contribution in [0.1, 0.15) is 44.4 Å². The molecule has 3 N–H and O–H groups in total. The number of nitrogens with two attached hydrogens (primary N) is 1. The standard InChI is InChI=1S/C14H20F3NO.ClH/c1-13(2,3)12(18)8-11(19)9-4-6-10(7-5-9)14(15,16)17;/h4-7,11-12,19H,8,18H2,1-3H3;1H/t11-,12-;/m1./s1. The average molecular weight is 312 g/mol. The van der Waals surface area contributed by atoms with E-state index in [9.17, 15) is 18.3 Å². The number of aliphatic hydroxyl groups is 1. The van der Waals surface area contributed by atoms with Gasteiger partial charge in [-0.2, -0.15) is 13.2 Å². The molecule has 20 heavy (non-hydrogen) atoms. The zero-order valence-corrected chi connectivity index (χ0v) is 12.6. The van der Waals surface area contributed by atoms with Gasteiger partial charge >= 0.3 is 6.18 Å². The molecule has 2 atom stereocenters. The Hall–Kier alpha value is -0.780. The fraction of sp³-hybridized carbons (Fsp3) is 0.571. The third-order valence-electron chi connectivity index (χ3n) is 3.21. The maximum absolute atomic E-state index is 12.4. The number of halogens is 4. The largest absolute Gasteiger partial charge is 0.416 e. The molecule has 0 aliphatic heterocycles. The fourth-order valence-corrected chi connectivity index (χ4v) is 1.62. The van der Waals surface area contributed by atoms with Gasteiger partial charge in [-0.05, 0) is 29.5 Å². The van der Waals surface area contributed by atoms with E-state index >= 15 is 0 Å². The average Bonchev–Trinajstić information content (AvgIpc) is 2.26. The Labute approximate surface area is 123 Å². The van der Waals surface area contributed by atoms with Crippen molar-refractivity contribution in [2.24, 2.45) is 11.1 Å². The van der Waals surface area contributed by atoms with Crippen LogP contribution in [0.2, 0.25) is 0 Å². The van der Waals surface area contributed by atoms with E-state index in [0.717, 1.165) is 12.1 Å².